The molecule has 0 atom stereocenters. The van der Waals surface area contributed by atoms with Crippen LogP contribution in [-0.4, -0.2) is 36.8 Å². The normalized spacial score (nSPS) is 11.2. The number of aryl methyl sites for hydroxylation is 1. The van der Waals surface area contributed by atoms with Gasteiger partial charge in [-0.05, 0) is 48.4 Å². The molecule has 0 bridgehead atoms. The zero-order valence-electron chi connectivity index (χ0n) is 16.1. The number of aromatic amines is 1. The Labute approximate surface area is 172 Å². The summed E-state index contributed by atoms with van der Waals surface area (Å²) in [4.78, 5) is 18.9. The molecule has 3 rings (SSSR count). The number of methoxy groups -OCH3 is 2. The minimum Gasteiger partial charge on any atom is -0.493 e. The highest BCUT2D eigenvalue weighted by atomic mass is 35.5. The number of rotatable bonds is 6. The summed E-state index contributed by atoms with van der Waals surface area (Å²) in [7, 11) is 2.72. The van der Waals surface area contributed by atoms with Crippen molar-refractivity contribution < 1.29 is 19.0 Å². The average molecular weight is 412 g/mol. The van der Waals surface area contributed by atoms with Crippen molar-refractivity contribution in [3.63, 3.8) is 0 Å². The summed E-state index contributed by atoms with van der Waals surface area (Å²) in [5, 5.41) is 9.86. The molecular weight excluding hydrogens is 394 g/mol. The third-order valence-corrected chi connectivity index (χ3v) is 4.42. The quantitative estimate of drug-likeness (QED) is 0.483. The molecule has 148 valence electrons. The highest BCUT2D eigenvalue weighted by Gasteiger charge is 2.15. The predicted molar refractivity (Wildman–Crippen MR) is 110 cm³/mol. The average Bonchev–Trinajstić information content (AvgIpc) is 3.13. The minimum atomic E-state index is -0.543. The first-order valence-corrected chi connectivity index (χ1v) is 8.98. The van der Waals surface area contributed by atoms with Gasteiger partial charge in [0.1, 0.15) is 11.9 Å². The zero-order chi connectivity index (χ0) is 21.0. The lowest BCUT2D eigenvalue weighted by molar-refractivity contribution is -0.142. The van der Waals surface area contributed by atoms with Gasteiger partial charge in [-0.3, -0.25) is 0 Å². The molecule has 8 heteroatoms. The molecule has 0 unspecified atom stereocenters. The Morgan fingerprint density at radius 3 is 2.79 bits per heavy atom. The van der Waals surface area contributed by atoms with Crippen molar-refractivity contribution in [2.45, 2.75) is 6.92 Å². The van der Waals surface area contributed by atoms with Crippen LogP contribution in [0.5, 0.6) is 11.5 Å². The molecule has 1 N–H and O–H groups in total. The second-order valence-corrected chi connectivity index (χ2v) is 6.58. The molecule has 0 aliphatic heterocycles. The fourth-order valence-corrected chi connectivity index (χ4v) is 3.00. The monoisotopic (exact) mass is 411 g/mol. The molecule has 29 heavy (non-hydrogen) atoms. The van der Waals surface area contributed by atoms with Gasteiger partial charge in [0.15, 0.2) is 18.1 Å². The third-order valence-electron chi connectivity index (χ3n) is 4.14. The van der Waals surface area contributed by atoms with Crippen LogP contribution in [0.2, 0.25) is 5.02 Å². The van der Waals surface area contributed by atoms with Crippen molar-refractivity contribution in [3.05, 3.63) is 52.3 Å². The summed E-state index contributed by atoms with van der Waals surface area (Å²) in [6, 6.07) is 11.2. The van der Waals surface area contributed by atoms with E-state index in [4.69, 9.17) is 21.1 Å². The number of carbonyl (C=O) groups excluding carboxylic acids is 1. The Bertz CT molecular complexity index is 1140. The number of imidazole rings is 1. The standard InChI is InChI=1S/C21H18ClN3O4/c1-12-4-5-16-17(6-12)25-21(24-16)14(10-23)7-13-8-15(22)20(18(9-13)27-2)29-11-19(26)28-3/h4-9H,11H2,1-3H3,(H,24,25). The number of H-pyrrole nitrogens is 1. The Hall–Kier alpha value is -3.50. The first-order valence-electron chi connectivity index (χ1n) is 8.61. The van der Waals surface area contributed by atoms with Crippen LogP contribution in [0.3, 0.4) is 0 Å². The first kappa shape index (κ1) is 20.2. The van der Waals surface area contributed by atoms with E-state index in [0.29, 0.717) is 22.7 Å². The van der Waals surface area contributed by atoms with Gasteiger partial charge in [-0.15, -0.1) is 0 Å². The van der Waals surface area contributed by atoms with Gasteiger partial charge in [0.25, 0.3) is 0 Å². The second kappa shape index (κ2) is 8.67. The molecule has 0 fully saturated rings. The molecule has 0 aliphatic carbocycles. The molecule has 1 heterocycles. The topological polar surface area (TPSA) is 97.2 Å². The van der Waals surface area contributed by atoms with E-state index in [1.165, 1.54) is 14.2 Å². The van der Waals surface area contributed by atoms with E-state index >= 15 is 0 Å². The summed E-state index contributed by atoms with van der Waals surface area (Å²) >= 11 is 6.30. The number of hydrogen-bond donors (Lipinski definition) is 1. The summed E-state index contributed by atoms with van der Waals surface area (Å²) in [6.45, 7) is 1.68. The van der Waals surface area contributed by atoms with Crippen molar-refractivity contribution in [2.75, 3.05) is 20.8 Å². The highest BCUT2D eigenvalue weighted by molar-refractivity contribution is 6.32. The molecular formula is C21H18ClN3O4. The van der Waals surface area contributed by atoms with Gasteiger partial charge in [-0.25, -0.2) is 9.78 Å². The maximum Gasteiger partial charge on any atom is 0.343 e. The number of hydrogen-bond acceptors (Lipinski definition) is 6. The number of carbonyl (C=O) groups is 1. The van der Waals surface area contributed by atoms with Crippen LogP contribution in [0.4, 0.5) is 0 Å². The van der Waals surface area contributed by atoms with Crippen molar-refractivity contribution >= 4 is 40.3 Å². The number of ether oxygens (including phenoxy) is 3. The molecule has 0 spiro atoms. The predicted octanol–water partition coefficient (Wildman–Crippen LogP) is 4.15. The van der Waals surface area contributed by atoms with Crippen molar-refractivity contribution in [2.24, 2.45) is 0 Å². The maximum absolute atomic E-state index is 11.3. The lowest BCUT2D eigenvalue weighted by Gasteiger charge is -2.12. The van der Waals surface area contributed by atoms with E-state index in [9.17, 15) is 10.1 Å². The molecule has 0 radical (unpaired) electrons. The fourth-order valence-electron chi connectivity index (χ4n) is 2.72. The largest absolute Gasteiger partial charge is 0.493 e. The number of nitriles is 1. The number of nitrogens with one attached hydrogen (secondary N) is 1. The van der Waals surface area contributed by atoms with Gasteiger partial charge < -0.3 is 19.2 Å². The number of allylic oxidation sites excluding steroid dienone is 1. The first-order chi connectivity index (χ1) is 13.9. The smallest absolute Gasteiger partial charge is 0.343 e. The second-order valence-electron chi connectivity index (χ2n) is 6.17. The van der Waals surface area contributed by atoms with E-state index < -0.39 is 5.97 Å². The van der Waals surface area contributed by atoms with E-state index in [2.05, 4.69) is 20.8 Å². The molecule has 0 amide bonds. The summed E-state index contributed by atoms with van der Waals surface area (Å²) in [5.74, 6) is 0.452. The van der Waals surface area contributed by atoms with E-state index in [-0.39, 0.29) is 17.4 Å². The van der Waals surface area contributed by atoms with Crippen LogP contribution >= 0.6 is 11.6 Å². The highest BCUT2D eigenvalue weighted by Crippen LogP contribution is 2.37. The van der Waals surface area contributed by atoms with Gasteiger partial charge in [-0.2, -0.15) is 5.26 Å². The Morgan fingerprint density at radius 2 is 2.10 bits per heavy atom. The lowest BCUT2D eigenvalue weighted by Crippen LogP contribution is -2.13. The molecule has 0 saturated heterocycles. The molecule has 7 nitrogen and oxygen atoms in total. The molecule has 0 aliphatic rings. The lowest BCUT2D eigenvalue weighted by atomic mass is 10.1. The van der Waals surface area contributed by atoms with Crippen molar-refractivity contribution in [1.82, 2.24) is 9.97 Å². The van der Waals surface area contributed by atoms with E-state index in [1.54, 1.807) is 18.2 Å². The van der Waals surface area contributed by atoms with E-state index in [0.717, 1.165) is 16.6 Å². The summed E-state index contributed by atoms with van der Waals surface area (Å²) in [6.07, 6.45) is 1.64. The molecule has 0 saturated carbocycles. The van der Waals surface area contributed by atoms with Crippen LogP contribution in [0.1, 0.15) is 17.0 Å². The SMILES string of the molecule is COC(=O)COc1c(Cl)cc(C=C(C#N)c2nc3ccc(C)cc3[nH]2)cc1OC. The summed E-state index contributed by atoms with van der Waals surface area (Å²) < 4.78 is 15.3. The zero-order valence-corrected chi connectivity index (χ0v) is 16.8. The van der Waals surface area contributed by atoms with Crippen LogP contribution < -0.4 is 9.47 Å². The number of fused-ring (bicyclic) bond motifs is 1. The molecule has 3 aromatic rings. The van der Waals surface area contributed by atoms with Gasteiger partial charge in [-0.1, -0.05) is 17.7 Å². The van der Waals surface area contributed by atoms with Crippen LogP contribution in [0.25, 0.3) is 22.7 Å². The number of aromatic nitrogens is 2. The third kappa shape index (κ3) is 4.50. The van der Waals surface area contributed by atoms with Crippen molar-refractivity contribution in [3.8, 4) is 17.6 Å². The number of esters is 1. The molecule has 1 aromatic heterocycles. The van der Waals surface area contributed by atoms with Gasteiger partial charge in [0, 0.05) is 0 Å². The Kier molecular flexibility index (Phi) is 6.05. The fraction of sp³-hybridized carbons (Fsp3) is 0.190. The van der Waals surface area contributed by atoms with Crippen LogP contribution in [-0.2, 0) is 9.53 Å². The Balaban J connectivity index is 1.97. The Morgan fingerprint density at radius 1 is 1.31 bits per heavy atom. The van der Waals surface area contributed by atoms with Crippen LogP contribution in [0.15, 0.2) is 30.3 Å². The van der Waals surface area contributed by atoms with Gasteiger partial charge >= 0.3 is 5.97 Å². The minimum absolute atomic E-state index is 0.217. The summed E-state index contributed by atoms with van der Waals surface area (Å²) in [5.41, 5.74) is 3.66. The molecule has 2 aromatic carbocycles. The van der Waals surface area contributed by atoms with E-state index in [1.807, 2.05) is 25.1 Å². The number of benzene rings is 2. The maximum atomic E-state index is 11.3. The van der Waals surface area contributed by atoms with Crippen LogP contribution in [0, 0.1) is 18.3 Å². The van der Waals surface area contributed by atoms with Crippen molar-refractivity contribution in [1.29, 1.82) is 5.26 Å². The van der Waals surface area contributed by atoms with Gasteiger partial charge in [0.2, 0.25) is 0 Å². The van der Waals surface area contributed by atoms with Gasteiger partial charge in [0.05, 0.1) is 35.8 Å². The number of nitrogens with zero attached hydrogens (tertiary/aromatic N) is 2. The number of halogens is 1.